The standard InChI is InChI=1S/C14H15FN2OS/c1-17(9-13-3-2-8-19-13)10-14(18)16-12-6-4-11(15)5-7-12/h2-8H,9-10H2,1H3,(H,16,18)/p+1. The van der Waals surface area contributed by atoms with Gasteiger partial charge in [-0.05, 0) is 35.7 Å². The molecule has 0 aliphatic carbocycles. The number of carbonyl (C=O) groups excluding carboxylic acids is 1. The normalized spacial score (nSPS) is 12.1. The second-order valence-electron chi connectivity index (χ2n) is 4.45. The molecule has 0 saturated carbocycles. The molecule has 1 atom stereocenters. The van der Waals surface area contributed by atoms with Crippen molar-refractivity contribution in [2.45, 2.75) is 6.54 Å². The third-order valence-electron chi connectivity index (χ3n) is 2.65. The molecular weight excluding hydrogens is 263 g/mol. The van der Waals surface area contributed by atoms with E-state index in [-0.39, 0.29) is 11.7 Å². The number of nitrogens with one attached hydrogen (secondary N) is 2. The third kappa shape index (κ3) is 4.46. The third-order valence-corrected chi connectivity index (χ3v) is 3.52. The van der Waals surface area contributed by atoms with Crippen molar-refractivity contribution in [2.75, 3.05) is 18.9 Å². The first kappa shape index (κ1) is 13.7. The van der Waals surface area contributed by atoms with Crippen molar-refractivity contribution in [3.63, 3.8) is 0 Å². The summed E-state index contributed by atoms with van der Waals surface area (Å²) in [5.74, 6) is -0.376. The summed E-state index contributed by atoms with van der Waals surface area (Å²) in [6, 6.07) is 9.84. The number of anilines is 1. The first-order chi connectivity index (χ1) is 9.13. The van der Waals surface area contributed by atoms with Gasteiger partial charge in [0.05, 0.1) is 11.9 Å². The van der Waals surface area contributed by atoms with Gasteiger partial charge < -0.3 is 10.2 Å². The molecule has 0 saturated heterocycles. The van der Waals surface area contributed by atoms with E-state index < -0.39 is 0 Å². The van der Waals surface area contributed by atoms with E-state index >= 15 is 0 Å². The summed E-state index contributed by atoms with van der Waals surface area (Å²) in [6.45, 7) is 1.21. The Bertz CT molecular complexity index is 525. The quantitative estimate of drug-likeness (QED) is 0.855. The van der Waals surface area contributed by atoms with Crippen molar-refractivity contribution in [1.82, 2.24) is 0 Å². The summed E-state index contributed by atoms with van der Waals surface area (Å²) in [5.41, 5.74) is 0.621. The number of quaternary nitrogens is 1. The number of thiophene rings is 1. The van der Waals surface area contributed by atoms with E-state index in [0.29, 0.717) is 12.2 Å². The summed E-state index contributed by atoms with van der Waals surface area (Å²) in [7, 11) is 1.98. The van der Waals surface area contributed by atoms with Gasteiger partial charge in [-0.1, -0.05) is 6.07 Å². The number of likely N-dealkylation sites (N-methyl/N-ethyl adjacent to an activating group) is 1. The van der Waals surface area contributed by atoms with Gasteiger partial charge in [-0.15, -0.1) is 11.3 Å². The van der Waals surface area contributed by atoms with Gasteiger partial charge in [-0.25, -0.2) is 4.39 Å². The molecule has 5 heteroatoms. The number of benzene rings is 1. The van der Waals surface area contributed by atoms with Gasteiger partial charge in [0.15, 0.2) is 6.54 Å². The van der Waals surface area contributed by atoms with Gasteiger partial charge in [-0.2, -0.15) is 0 Å². The molecule has 0 fully saturated rings. The fourth-order valence-corrected chi connectivity index (χ4v) is 2.60. The predicted octanol–water partition coefficient (Wildman–Crippen LogP) is 1.54. The van der Waals surface area contributed by atoms with Crippen LogP contribution in [0.25, 0.3) is 0 Å². The Morgan fingerprint density at radius 1 is 1.32 bits per heavy atom. The Balaban J connectivity index is 1.82. The van der Waals surface area contributed by atoms with Gasteiger partial charge >= 0.3 is 0 Å². The first-order valence-electron chi connectivity index (χ1n) is 6.02. The molecule has 2 rings (SSSR count). The van der Waals surface area contributed by atoms with Gasteiger partial charge in [0, 0.05) is 5.69 Å². The molecule has 1 unspecified atom stereocenters. The number of carbonyl (C=O) groups is 1. The maximum absolute atomic E-state index is 12.7. The van der Waals surface area contributed by atoms with Gasteiger partial charge in [0.2, 0.25) is 0 Å². The highest BCUT2D eigenvalue weighted by Crippen LogP contribution is 2.08. The average Bonchev–Trinajstić information content (AvgIpc) is 2.84. The van der Waals surface area contributed by atoms with Crippen LogP contribution in [0.15, 0.2) is 41.8 Å². The van der Waals surface area contributed by atoms with Crippen LogP contribution >= 0.6 is 11.3 Å². The maximum atomic E-state index is 12.7. The van der Waals surface area contributed by atoms with Crippen LogP contribution in [-0.4, -0.2) is 19.5 Å². The fourth-order valence-electron chi connectivity index (χ4n) is 1.79. The van der Waals surface area contributed by atoms with Crippen molar-refractivity contribution in [1.29, 1.82) is 0 Å². The molecule has 2 N–H and O–H groups in total. The van der Waals surface area contributed by atoms with Crippen molar-refractivity contribution in [2.24, 2.45) is 0 Å². The number of amides is 1. The second kappa shape index (κ2) is 6.45. The Kier molecular flexibility index (Phi) is 4.65. The summed E-state index contributed by atoms with van der Waals surface area (Å²) in [6.07, 6.45) is 0. The summed E-state index contributed by atoms with van der Waals surface area (Å²) < 4.78 is 12.7. The van der Waals surface area contributed by atoms with E-state index in [1.165, 1.54) is 17.0 Å². The molecule has 0 spiro atoms. The van der Waals surface area contributed by atoms with Crippen LogP contribution in [-0.2, 0) is 11.3 Å². The predicted molar refractivity (Wildman–Crippen MR) is 74.8 cm³/mol. The van der Waals surface area contributed by atoms with Crippen LogP contribution in [0.2, 0.25) is 0 Å². The number of hydrogen-bond donors (Lipinski definition) is 2. The monoisotopic (exact) mass is 279 g/mol. The second-order valence-corrected chi connectivity index (χ2v) is 5.48. The van der Waals surface area contributed by atoms with E-state index in [1.807, 2.05) is 18.5 Å². The van der Waals surface area contributed by atoms with Crippen molar-refractivity contribution in [3.8, 4) is 0 Å². The Hall–Kier alpha value is -1.72. The van der Waals surface area contributed by atoms with Crippen LogP contribution in [0, 0.1) is 5.82 Å². The van der Waals surface area contributed by atoms with E-state index in [2.05, 4.69) is 11.4 Å². The van der Waals surface area contributed by atoms with E-state index in [0.717, 1.165) is 11.4 Å². The lowest BCUT2D eigenvalue weighted by Crippen LogP contribution is -3.08. The zero-order chi connectivity index (χ0) is 13.7. The molecular formula is C14H16FN2OS+. The molecule has 0 bridgehead atoms. The lowest BCUT2D eigenvalue weighted by molar-refractivity contribution is -0.884. The van der Waals surface area contributed by atoms with E-state index in [4.69, 9.17) is 0 Å². The molecule has 2 aromatic rings. The van der Waals surface area contributed by atoms with Crippen LogP contribution in [0.1, 0.15) is 4.88 Å². The van der Waals surface area contributed by atoms with Crippen LogP contribution in [0.3, 0.4) is 0 Å². The minimum Gasteiger partial charge on any atom is -0.325 e. The number of halogens is 1. The van der Waals surface area contributed by atoms with Gasteiger partial charge in [-0.3, -0.25) is 4.79 Å². The SMILES string of the molecule is C[NH+](CC(=O)Nc1ccc(F)cc1)Cc1cccs1. The van der Waals surface area contributed by atoms with Crippen LogP contribution in [0.5, 0.6) is 0 Å². The van der Waals surface area contributed by atoms with Gasteiger partial charge in [0.25, 0.3) is 5.91 Å². The van der Waals surface area contributed by atoms with Crippen molar-refractivity contribution in [3.05, 3.63) is 52.5 Å². The largest absolute Gasteiger partial charge is 0.325 e. The lowest BCUT2D eigenvalue weighted by atomic mass is 10.3. The minimum atomic E-state index is -0.307. The Labute approximate surface area is 115 Å². The molecule has 1 heterocycles. The summed E-state index contributed by atoms with van der Waals surface area (Å²) in [4.78, 5) is 14.2. The van der Waals surface area contributed by atoms with Gasteiger partial charge in [0.1, 0.15) is 12.4 Å². The summed E-state index contributed by atoms with van der Waals surface area (Å²) in [5, 5.41) is 4.79. The molecule has 3 nitrogen and oxygen atoms in total. The van der Waals surface area contributed by atoms with E-state index in [1.54, 1.807) is 23.5 Å². The molecule has 0 aliphatic rings. The number of hydrogen-bond acceptors (Lipinski definition) is 2. The summed E-state index contributed by atoms with van der Waals surface area (Å²) >= 11 is 1.69. The first-order valence-corrected chi connectivity index (χ1v) is 6.90. The molecule has 1 aromatic carbocycles. The molecule has 100 valence electrons. The smallest absolute Gasteiger partial charge is 0.279 e. The number of rotatable bonds is 5. The molecule has 1 amide bonds. The molecule has 1 aromatic heterocycles. The lowest BCUT2D eigenvalue weighted by Gasteiger charge is -2.12. The van der Waals surface area contributed by atoms with E-state index in [9.17, 15) is 9.18 Å². The molecule has 19 heavy (non-hydrogen) atoms. The topological polar surface area (TPSA) is 33.5 Å². The minimum absolute atomic E-state index is 0.0688. The highest BCUT2D eigenvalue weighted by atomic mass is 32.1. The Morgan fingerprint density at radius 3 is 2.68 bits per heavy atom. The fraction of sp³-hybridized carbons (Fsp3) is 0.214. The van der Waals surface area contributed by atoms with Crippen molar-refractivity contribution >= 4 is 22.9 Å². The van der Waals surface area contributed by atoms with Crippen LogP contribution < -0.4 is 10.2 Å². The molecule has 0 aliphatic heterocycles. The Morgan fingerprint density at radius 2 is 2.05 bits per heavy atom. The van der Waals surface area contributed by atoms with Crippen LogP contribution in [0.4, 0.5) is 10.1 Å². The zero-order valence-electron chi connectivity index (χ0n) is 10.7. The average molecular weight is 279 g/mol. The zero-order valence-corrected chi connectivity index (χ0v) is 11.5. The highest BCUT2D eigenvalue weighted by molar-refractivity contribution is 7.09. The van der Waals surface area contributed by atoms with Crippen molar-refractivity contribution < 1.29 is 14.1 Å². The maximum Gasteiger partial charge on any atom is 0.279 e. The molecule has 0 radical (unpaired) electrons. The highest BCUT2D eigenvalue weighted by Gasteiger charge is 2.11.